The number of ether oxygens (including phenoxy) is 1. The number of hydrogen-bond acceptors (Lipinski definition) is 5. The van der Waals surface area contributed by atoms with E-state index in [1.807, 2.05) is 6.08 Å². The fraction of sp³-hybridized carbons (Fsp3) is 0.333. The van der Waals surface area contributed by atoms with Gasteiger partial charge in [0.25, 0.3) is 5.43 Å². The van der Waals surface area contributed by atoms with Crippen LogP contribution in [0.4, 0.5) is 0 Å². The quantitative estimate of drug-likeness (QED) is 0.834. The van der Waals surface area contributed by atoms with E-state index >= 15 is 0 Å². The lowest BCUT2D eigenvalue weighted by molar-refractivity contribution is -0.114. The number of hydrogen-bond donors (Lipinski definition) is 1. The number of carbonyl (C=O) groups excluding carboxylic acids is 1. The minimum Gasteiger partial charge on any atom is -0.504 e. The predicted molar refractivity (Wildman–Crippen MR) is 87.1 cm³/mol. The van der Waals surface area contributed by atoms with Crippen molar-refractivity contribution in [1.29, 1.82) is 0 Å². The van der Waals surface area contributed by atoms with E-state index in [0.717, 1.165) is 25.7 Å². The summed E-state index contributed by atoms with van der Waals surface area (Å²) in [6, 6.07) is 1.32. The van der Waals surface area contributed by atoms with Crippen LogP contribution in [0.5, 0.6) is 5.75 Å². The second-order valence-electron chi connectivity index (χ2n) is 5.26. The van der Waals surface area contributed by atoms with E-state index in [2.05, 4.69) is 6.92 Å². The van der Waals surface area contributed by atoms with E-state index < -0.39 is 5.43 Å². The molecule has 122 valence electrons. The molecule has 5 nitrogen and oxygen atoms in total. The van der Waals surface area contributed by atoms with Gasteiger partial charge in [-0.15, -0.1) is 0 Å². The van der Waals surface area contributed by atoms with Crippen LogP contribution in [0.25, 0.3) is 11.6 Å². The van der Waals surface area contributed by atoms with Gasteiger partial charge in [-0.3, -0.25) is 9.59 Å². The van der Waals surface area contributed by atoms with Crippen molar-refractivity contribution in [2.75, 3.05) is 7.11 Å². The van der Waals surface area contributed by atoms with E-state index in [1.165, 1.54) is 31.4 Å². The summed E-state index contributed by atoms with van der Waals surface area (Å²) in [6.45, 7) is 2.12. The maximum atomic E-state index is 12.1. The van der Waals surface area contributed by atoms with Crippen molar-refractivity contribution >= 4 is 17.4 Å². The van der Waals surface area contributed by atoms with Crippen molar-refractivity contribution in [3.63, 3.8) is 0 Å². The summed E-state index contributed by atoms with van der Waals surface area (Å²) in [5.74, 6) is -0.540. The summed E-state index contributed by atoms with van der Waals surface area (Å²) in [5.41, 5.74) is 0.199. The molecule has 1 aromatic rings. The highest BCUT2D eigenvalue weighted by molar-refractivity contribution is 6.07. The Morgan fingerprint density at radius 3 is 2.74 bits per heavy atom. The summed E-state index contributed by atoms with van der Waals surface area (Å²) in [7, 11) is 1.38. The molecule has 2 rings (SSSR count). The van der Waals surface area contributed by atoms with Gasteiger partial charge < -0.3 is 14.3 Å². The Balaban J connectivity index is 2.55. The molecule has 0 atom stereocenters. The first kappa shape index (κ1) is 16.8. The van der Waals surface area contributed by atoms with Crippen molar-refractivity contribution in [1.82, 2.24) is 0 Å². The SMILES string of the molecule is CCCCC/C=c1/cc(O)c(=O)/c(=C2\C=CC(=O)C(OC)=C2)o1. The first-order chi connectivity index (χ1) is 11.1. The molecular weight excluding hydrogens is 296 g/mol. The Kier molecular flexibility index (Phi) is 5.57. The molecule has 0 saturated carbocycles. The standard InChI is InChI=1S/C18H20O5/c1-3-4-5-6-7-13-11-15(20)17(21)18(23-13)12-8-9-14(19)16(10-12)22-2/h7-11,20H,3-6H2,1-2H3/b13-7-,18-12-. The Bertz CT molecular complexity index is 824. The van der Waals surface area contributed by atoms with Crippen molar-refractivity contribution in [2.24, 2.45) is 0 Å². The van der Waals surface area contributed by atoms with E-state index in [0.29, 0.717) is 11.0 Å². The molecular formula is C18H20O5. The highest BCUT2D eigenvalue weighted by Gasteiger charge is 2.14. The Labute approximate surface area is 133 Å². The molecule has 0 saturated heterocycles. The van der Waals surface area contributed by atoms with Crippen LogP contribution in [-0.4, -0.2) is 18.0 Å². The molecule has 0 amide bonds. The fourth-order valence-electron chi connectivity index (χ4n) is 2.25. The van der Waals surface area contributed by atoms with Gasteiger partial charge in [0.15, 0.2) is 16.9 Å². The lowest BCUT2D eigenvalue weighted by Gasteiger charge is -2.07. The number of unbranched alkanes of at least 4 members (excludes halogenated alkanes) is 3. The third-order valence-corrected chi connectivity index (χ3v) is 3.52. The minimum absolute atomic E-state index is 0.00922. The molecule has 1 N–H and O–H groups in total. The Morgan fingerprint density at radius 2 is 2.04 bits per heavy atom. The smallest absolute Gasteiger partial charge is 0.263 e. The topological polar surface area (TPSA) is 76.7 Å². The molecule has 0 aromatic carbocycles. The molecule has 0 fully saturated rings. The molecule has 1 aromatic heterocycles. The van der Waals surface area contributed by atoms with Crippen molar-refractivity contribution in [3.8, 4) is 5.75 Å². The van der Waals surface area contributed by atoms with Gasteiger partial charge in [0, 0.05) is 11.6 Å². The second kappa shape index (κ2) is 7.63. The number of aromatic hydroxyl groups is 1. The Morgan fingerprint density at radius 1 is 1.26 bits per heavy atom. The molecule has 1 aliphatic rings. The van der Waals surface area contributed by atoms with E-state index in [1.54, 1.807) is 0 Å². The van der Waals surface area contributed by atoms with Crippen LogP contribution >= 0.6 is 0 Å². The second-order valence-corrected chi connectivity index (χ2v) is 5.26. The lowest BCUT2D eigenvalue weighted by Crippen LogP contribution is -2.30. The van der Waals surface area contributed by atoms with Crippen LogP contribution in [0.3, 0.4) is 0 Å². The third-order valence-electron chi connectivity index (χ3n) is 3.52. The highest BCUT2D eigenvalue weighted by atomic mass is 16.5. The summed E-state index contributed by atoms with van der Waals surface area (Å²) >= 11 is 0. The number of allylic oxidation sites excluding steroid dienone is 3. The minimum atomic E-state index is -0.614. The largest absolute Gasteiger partial charge is 0.504 e. The number of ketones is 1. The lowest BCUT2D eigenvalue weighted by atomic mass is 10.1. The zero-order valence-corrected chi connectivity index (χ0v) is 13.3. The summed E-state index contributed by atoms with van der Waals surface area (Å²) in [6.07, 6.45) is 10.1. The van der Waals surface area contributed by atoms with E-state index in [9.17, 15) is 14.7 Å². The van der Waals surface area contributed by atoms with Crippen LogP contribution in [0.1, 0.15) is 32.6 Å². The van der Waals surface area contributed by atoms with Crippen molar-refractivity contribution < 1.29 is 19.1 Å². The first-order valence-corrected chi connectivity index (χ1v) is 7.62. The van der Waals surface area contributed by atoms with Crippen LogP contribution < -0.4 is 16.3 Å². The van der Waals surface area contributed by atoms with Crippen LogP contribution in [0, 0.1) is 0 Å². The van der Waals surface area contributed by atoms with Gasteiger partial charge >= 0.3 is 0 Å². The summed E-state index contributed by atoms with van der Waals surface area (Å²) in [4.78, 5) is 23.7. The highest BCUT2D eigenvalue weighted by Crippen LogP contribution is 2.12. The molecule has 0 spiro atoms. The molecule has 0 aliphatic heterocycles. The van der Waals surface area contributed by atoms with Gasteiger partial charge in [0.05, 0.1) is 7.11 Å². The Hall–Kier alpha value is -2.56. The van der Waals surface area contributed by atoms with Gasteiger partial charge in [0.2, 0.25) is 5.78 Å². The maximum absolute atomic E-state index is 12.1. The normalized spacial score (nSPS) is 17.4. The maximum Gasteiger partial charge on any atom is 0.263 e. The zero-order chi connectivity index (χ0) is 16.8. The monoisotopic (exact) mass is 316 g/mol. The van der Waals surface area contributed by atoms with E-state index in [4.69, 9.17) is 9.15 Å². The van der Waals surface area contributed by atoms with Gasteiger partial charge in [0.1, 0.15) is 5.42 Å². The molecule has 1 heterocycles. The summed E-state index contributed by atoms with van der Waals surface area (Å²) in [5, 5.41) is 9.84. The average molecular weight is 316 g/mol. The molecule has 23 heavy (non-hydrogen) atoms. The number of methoxy groups -OCH3 is 1. The molecule has 5 heteroatoms. The van der Waals surface area contributed by atoms with Crippen LogP contribution in [0.15, 0.2) is 39.3 Å². The van der Waals surface area contributed by atoms with Gasteiger partial charge in [-0.05, 0) is 37.1 Å². The first-order valence-electron chi connectivity index (χ1n) is 7.62. The summed E-state index contributed by atoms with van der Waals surface area (Å²) < 4.78 is 10.6. The van der Waals surface area contributed by atoms with Gasteiger partial charge in [-0.1, -0.05) is 19.8 Å². The molecule has 0 unspecified atom stereocenters. The predicted octanol–water partition coefficient (Wildman–Crippen LogP) is 1.53. The van der Waals surface area contributed by atoms with Gasteiger partial charge in [-0.25, -0.2) is 0 Å². The average Bonchev–Trinajstić information content (AvgIpc) is 2.55. The van der Waals surface area contributed by atoms with E-state index in [-0.39, 0.29) is 22.7 Å². The molecule has 0 bridgehead atoms. The molecule has 0 radical (unpaired) electrons. The van der Waals surface area contributed by atoms with Crippen molar-refractivity contribution in [2.45, 2.75) is 32.6 Å². The number of rotatable bonds is 5. The number of carbonyl (C=O) groups is 1. The molecule has 1 aliphatic carbocycles. The van der Waals surface area contributed by atoms with Crippen LogP contribution in [-0.2, 0) is 9.53 Å². The zero-order valence-electron chi connectivity index (χ0n) is 13.3. The van der Waals surface area contributed by atoms with Gasteiger partial charge in [-0.2, -0.15) is 0 Å². The fourth-order valence-corrected chi connectivity index (χ4v) is 2.25. The third kappa shape index (κ3) is 4.00. The van der Waals surface area contributed by atoms with Crippen LogP contribution in [0.2, 0.25) is 0 Å². The van der Waals surface area contributed by atoms with Crippen molar-refractivity contribution in [3.05, 3.63) is 51.1 Å².